The molecule has 0 saturated carbocycles. The van der Waals surface area contributed by atoms with Gasteiger partial charge in [-0.05, 0) is 19.8 Å². The van der Waals surface area contributed by atoms with Crippen molar-refractivity contribution in [3.8, 4) is 0 Å². The monoisotopic (exact) mass is 214 g/mol. The fourth-order valence-corrected chi connectivity index (χ4v) is 1.20. The molecule has 1 heterocycles. The van der Waals surface area contributed by atoms with Gasteiger partial charge in [0.2, 0.25) is 0 Å². The van der Waals surface area contributed by atoms with Crippen LogP contribution in [-0.2, 0) is 14.3 Å². The summed E-state index contributed by atoms with van der Waals surface area (Å²) >= 11 is 0. The van der Waals surface area contributed by atoms with Gasteiger partial charge in [-0.3, -0.25) is 0 Å². The first kappa shape index (κ1) is 12.2. The molecule has 4 nitrogen and oxygen atoms in total. The Labute approximate surface area is 89.9 Å². The number of esters is 1. The van der Waals surface area contributed by atoms with E-state index in [0.717, 1.165) is 19.4 Å². The molecule has 0 aromatic rings. The summed E-state index contributed by atoms with van der Waals surface area (Å²) in [5, 5.41) is 9.06. The zero-order valence-electron chi connectivity index (χ0n) is 9.07. The summed E-state index contributed by atoms with van der Waals surface area (Å²) in [6.07, 6.45) is 2.11. The van der Waals surface area contributed by atoms with E-state index in [9.17, 15) is 4.79 Å². The first-order valence-electron chi connectivity index (χ1n) is 5.18. The van der Waals surface area contributed by atoms with E-state index >= 15 is 0 Å². The molecule has 0 aliphatic carbocycles. The van der Waals surface area contributed by atoms with Crippen molar-refractivity contribution in [3.63, 3.8) is 0 Å². The average Bonchev–Trinajstić information content (AvgIpc) is 3.01. The quantitative estimate of drug-likeness (QED) is 0.388. The van der Waals surface area contributed by atoms with Crippen LogP contribution in [0.3, 0.4) is 0 Å². The van der Waals surface area contributed by atoms with E-state index in [4.69, 9.17) is 14.6 Å². The first-order chi connectivity index (χ1) is 7.13. The summed E-state index contributed by atoms with van der Waals surface area (Å²) in [5.74, 6) is -0.381. The number of aliphatic hydroxyl groups excluding tert-OH is 1. The lowest BCUT2D eigenvalue weighted by atomic mass is 10.0. The van der Waals surface area contributed by atoms with Crippen molar-refractivity contribution in [3.05, 3.63) is 12.2 Å². The second-order valence-electron chi connectivity index (χ2n) is 3.96. The predicted octanol–water partition coefficient (Wildman–Crippen LogP) is 0.893. The second-order valence-corrected chi connectivity index (χ2v) is 3.96. The molecule has 1 saturated heterocycles. The molecule has 0 bridgehead atoms. The molecule has 1 rings (SSSR count). The highest BCUT2D eigenvalue weighted by Crippen LogP contribution is 2.19. The van der Waals surface area contributed by atoms with Gasteiger partial charge in [0.15, 0.2) is 0 Å². The Balaban J connectivity index is 2.14. The van der Waals surface area contributed by atoms with Crippen molar-refractivity contribution in [1.82, 2.24) is 0 Å². The molecule has 86 valence electrons. The lowest BCUT2D eigenvalue weighted by molar-refractivity contribution is -0.140. The molecule has 0 amide bonds. The van der Waals surface area contributed by atoms with E-state index in [0.29, 0.717) is 11.7 Å². The summed E-state index contributed by atoms with van der Waals surface area (Å²) in [7, 11) is 0. The normalized spacial score (nSPS) is 20.8. The highest BCUT2D eigenvalue weighted by Gasteiger charge is 2.23. The minimum absolute atomic E-state index is 0.0116. The van der Waals surface area contributed by atoms with Gasteiger partial charge < -0.3 is 14.6 Å². The molecule has 15 heavy (non-hydrogen) atoms. The van der Waals surface area contributed by atoms with Crippen molar-refractivity contribution in [1.29, 1.82) is 0 Å². The van der Waals surface area contributed by atoms with Crippen LogP contribution in [0.2, 0.25) is 0 Å². The van der Waals surface area contributed by atoms with Gasteiger partial charge in [-0.1, -0.05) is 6.58 Å². The minimum Gasteiger partial charge on any atom is -0.462 e. The second kappa shape index (κ2) is 5.88. The number of carbonyl (C=O) groups is 1. The molecule has 0 aromatic carbocycles. The Morgan fingerprint density at radius 2 is 2.40 bits per heavy atom. The maximum Gasteiger partial charge on any atom is 0.333 e. The number of rotatable bonds is 7. The fraction of sp³-hybridized carbons (Fsp3) is 0.727. The van der Waals surface area contributed by atoms with Crippen LogP contribution in [0.4, 0.5) is 0 Å². The molecule has 0 radical (unpaired) electrons. The maximum atomic E-state index is 11.1. The molecule has 1 N–H and O–H groups in total. The van der Waals surface area contributed by atoms with Gasteiger partial charge in [0.1, 0.15) is 0 Å². The largest absolute Gasteiger partial charge is 0.462 e. The van der Waals surface area contributed by atoms with Crippen molar-refractivity contribution >= 4 is 5.97 Å². The summed E-state index contributed by atoms with van der Waals surface area (Å²) in [6, 6.07) is 0. The van der Waals surface area contributed by atoms with E-state index in [1.165, 1.54) is 0 Å². The van der Waals surface area contributed by atoms with Crippen LogP contribution in [-0.4, -0.2) is 37.0 Å². The van der Waals surface area contributed by atoms with Gasteiger partial charge in [-0.25, -0.2) is 4.79 Å². The number of hydrogen-bond acceptors (Lipinski definition) is 4. The van der Waals surface area contributed by atoms with Crippen LogP contribution in [0, 0.1) is 5.92 Å². The first-order valence-corrected chi connectivity index (χ1v) is 5.18. The zero-order chi connectivity index (χ0) is 11.3. The standard InChI is InChI=1S/C11H18O4/c1-8(2)11(13)15-6-9(5-12)3-4-10-7-14-10/h9-10,12H,1,3-7H2,2H3. The van der Waals surface area contributed by atoms with E-state index in [2.05, 4.69) is 6.58 Å². The lowest BCUT2D eigenvalue weighted by Crippen LogP contribution is -2.18. The van der Waals surface area contributed by atoms with Gasteiger partial charge in [0.05, 0.1) is 19.3 Å². The number of epoxide rings is 1. The predicted molar refractivity (Wildman–Crippen MR) is 55.3 cm³/mol. The van der Waals surface area contributed by atoms with Crippen molar-refractivity contribution in [2.75, 3.05) is 19.8 Å². The van der Waals surface area contributed by atoms with E-state index in [1.807, 2.05) is 0 Å². The highest BCUT2D eigenvalue weighted by molar-refractivity contribution is 5.86. The molecule has 1 fully saturated rings. The van der Waals surface area contributed by atoms with Gasteiger partial charge in [0.25, 0.3) is 0 Å². The van der Waals surface area contributed by atoms with E-state index < -0.39 is 5.97 Å². The number of ether oxygens (including phenoxy) is 2. The number of hydrogen-bond donors (Lipinski definition) is 1. The summed E-state index contributed by atoms with van der Waals surface area (Å²) in [6.45, 7) is 6.21. The Kier molecular flexibility index (Phi) is 4.78. The van der Waals surface area contributed by atoms with Crippen molar-refractivity contribution in [2.45, 2.75) is 25.9 Å². The van der Waals surface area contributed by atoms with Gasteiger partial charge in [-0.2, -0.15) is 0 Å². The molecule has 2 atom stereocenters. The van der Waals surface area contributed by atoms with Crippen LogP contribution in [0.1, 0.15) is 19.8 Å². The van der Waals surface area contributed by atoms with Crippen LogP contribution in [0.5, 0.6) is 0 Å². The Bertz CT molecular complexity index is 233. The molecule has 4 heteroatoms. The highest BCUT2D eigenvalue weighted by atomic mass is 16.6. The molecule has 1 aliphatic rings. The average molecular weight is 214 g/mol. The Morgan fingerprint density at radius 3 is 2.87 bits per heavy atom. The number of carbonyl (C=O) groups excluding carboxylic acids is 1. The van der Waals surface area contributed by atoms with Crippen LogP contribution in [0.25, 0.3) is 0 Å². The third-order valence-corrected chi connectivity index (χ3v) is 2.36. The number of aliphatic hydroxyl groups is 1. The summed E-state index contributed by atoms with van der Waals surface area (Å²) in [4.78, 5) is 11.1. The third kappa shape index (κ3) is 4.95. The van der Waals surface area contributed by atoms with Gasteiger partial charge in [-0.15, -0.1) is 0 Å². The molecule has 0 spiro atoms. The third-order valence-electron chi connectivity index (χ3n) is 2.36. The lowest BCUT2D eigenvalue weighted by Gasteiger charge is -2.13. The van der Waals surface area contributed by atoms with Crippen LogP contribution >= 0.6 is 0 Å². The van der Waals surface area contributed by atoms with Gasteiger partial charge in [0, 0.05) is 18.1 Å². The molecule has 0 aromatic heterocycles. The maximum absolute atomic E-state index is 11.1. The van der Waals surface area contributed by atoms with Crippen LogP contribution < -0.4 is 0 Å². The van der Waals surface area contributed by atoms with E-state index in [1.54, 1.807) is 6.92 Å². The fourth-order valence-electron chi connectivity index (χ4n) is 1.20. The SMILES string of the molecule is C=C(C)C(=O)OCC(CO)CCC1CO1. The zero-order valence-corrected chi connectivity index (χ0v) is 9.07. The molecular weight excluding hydrogens is 196 g/mol. The summed E-state index contributed by atoms with van der Waals surface area (Å²) in [5.41, 5.74) is 0.386. The van der Waals surface area contributed by atoms with E-state index in [-0.39, 0.29) is 19.1 Å². The van der Waals surface area contributed by atoms with Crippen molar-refractivity contribution < 1.29 is 19.4 Å². The smallest absolute Gasteiger partial charge is 0.333 e. The van der Waals surface area contributed by atoms with Crippen molar-refractivity contribution in [2.24, 2.45) is 5.92 Å². The Morgan fingerprint density at radius 1 is 1.73 bits per heavy atom. The van der Waals surface area contributed by atoms with Gasteiger partial charge >= 0.3 is 5.97 Å². The molecule has 2 unspecified atom stereocenters. The minimum atomic E-state index is -0.392. The molecule has 1 aliphatic heterocycles. The molecular formula is C11H18O4. The topological polar surface area (TPSA) is 59.1 Å². The summed E-state index contributed by atoms with van der Waals surface area (Å²) < 4.78 is 10.0. The Hall–Kier alpha value is -0.870. The van der Waals surface area contributed by atoms with Crippen LogP contribution in [0.15, 0.2) is 12.2 Å².